The minimum Gasteiger partial charge on any atom is -0.496 e. The number of Topliss-reactive ketones (excluding diaryl/α,β-unsaturated/α-hetero) is 1. The Kier molecular flexibility index (Phi) is 4.01. The fourth-order valence-electron chi connectivity index (χ4n) is 1.32. The molecule has 0 heterocycles. The van der Waals surface area contributed by atoms with E-state index in [0.717, 1.165) is 11.3 Å². The molecule has 1 atom stereocenters. The van der Waals surface area contributed by atoms with Gasteiger partial charge in [-0.3, -0.25) is 4.79 Å². The fourth-order valence-corrected chi connectivity index (χ4v) is 1.79. The molecule has 0 saturated carbocycles. The molecule has 3 heteroatoms. The number of carbonyl (C=O) groups excluding carboxylic acids is 1. The van der Waals surface area contributed by atoms with E-state index in [-0.39, 0.29) is 11.0 Å². The van der Waals surface area contributed by atoms with Gasteiger partial charge < -0.3 is 4.74 Å². The molecule has 0 aliphatic carbocycles. The second-order valence-electron chi connectivity index (χ2n) is 3.16. The molecular weight excluding hydrogens is 196 g/mol. The van der Waals surface area contributed by atoms with Crippen LogP contribution in [-0.2, 0) is 4.79 Å². The van der Waals surface area contributed by atoms with E-state index in [1.54, 1.807) is 14.0 Å². The standard InChI is InChI=1S/C11H14O2S/c1-8(12)7-11(14)9-5-3-4-6-10(9)13-2/h3-6,11,14H,7H2,1-2H3/t11-/m0/s1. The lowest BCUT2D eigenvalue weighted by Crippen LogP contribution is -2.00. The van der Waals surface area contributed by atoms with Crippen molar-refractivity contribution in [3.8, 4) is 5.75 Å². The first-order valence-electron chi connectivity index (χ1n) is 4.45. The maximum Gasteiger partial charge on any atom is 0.131 e. The van der Waals surface area contributed by atoms with Gasteiger partial charge in [-0.2, -0.15) is 12.6 Å². The van der Waals surface area contributed by atoms with Gasteiger partial charge in [0.25, 0.3) is 0 Å². The van der Waals surface area contributed by atoms with E-state index in [1.165, 1.54) is 0 Å². The van der Waals surface area contributed by atoms with Gasteiger partial charge in [0, 0.05) is 17.2 Å². The van der Waals surface area contributed by atoms with Crippen LogP contribution in [0.5, 0.6) is 5.75 Å². The van der Waals surface area contributed by atoms with Crippen LogP contribution in [0.25, 0.3) is 0 Å². The molecule has 1 aromatic rings. The highest BCUT2D eigenvalue weighted by Crippen LogP contribution is 2.31. The van der Waals surface area contributed by atoms with E-state index >= 15 is 0 Å². The van der Waals surface area contributed by atoms with E-state index in [0.29, 0.717) is 6.42 Å². The Hall–Kier alpha value is -0.960. The molecule has 0 radical (unpaired) electrons. The van der Waals surface area contributed by atoms with Gasteiger partial charge in [-0.05, 0) is 13.0 Å². The van der Waals surface area contributed by atoms with Crippen LogP contribution in [0.2, 0.25) is 0 Å². The van der Waals surface area contributed by atoms with Crippen molar-refractivity contribution in [3.05, 3.63) is 29.8 Å². The summed E-state index contributed by atoms with van der Waals surface area (Å²) in [6.07, 6.45) is 0.434. The van der Waals surface area contributed by atoms with Crippen LogP contribution < -0.4 is 4.74 Å². The number of thiol groups is 1. The van der Waals surface area contributed by atoms with Crippen molar-refractivity contribution in [3.63, 3.8) is 0 Å². The molecule has 0 amide bonds. The Morgan fingerprint density at radius 3 is 2.71 bits per heavy atom. The summed E-state index contributed by atoms with van der Waals surface area (Å²) in [6, 6.07) is 7.62. The zero-order valence-corrected chi connectivity index (χ0v) is 9.25. The topological polar surface area (TPSA) is 26.3 Å². The SMILES string of the molecule is COc1ccccc1[C@@H](S)CC(C)=O. The normalized spacial score (nSPS) is 12.2. The lowest BCUT2D eigenvalue weighted by atomic mass is 10.1. The van der Waals surface area contributed by atoms with Crippen LogP contribution in [0.4, 0.5) is 0 Å². The van der Waals surface area contributed by atoms with E-state index in [2.05, 4.69) is 12.6 Å². The molecule has 1 aromatic carbocycles. The largest absolute Gasteiger partial charge is 0.496 e. The van der Waals surface area contributed by atoms with Gasteiger partial charge in [-0.15, -0.1) is 0 Å². The third kappa shape index (κ3) is 2.77. The van der Waals surface area contributed by atoms with Gasteiger partial charge in [0.15, 0.2) is 0 Å². The summed E-state index contributed by atoms with van der Waals surface area (Å²) in [4.78, 5) is 10.9. The first-order valence-corrected chi connectivity index (χ1v) is 4.97. The van der Waals surface area contributed by atoms with Crippen molar-refractivity contribution in [1.82, 2.24) is 0 Å². The van der Waals surface area contributed by atoms with Gasteiger partial charge in [0.05, 0.1) is 7.11 Å². The van der Waals surface area contributed by atoms with Crippen molar-refractivity contribution in [2.75, 3.05) is 7.11 Å². The average molecular weight is 210 g/mol. The maximum atomic E-state index is 10.9. The summed E-state index contributed by atoms with van der Waals surface area (Å²) in [7, 11) is 1.62. The Morgan fingerprint density at radius 2 is 2.14 bits per heavy atom. The third-order valence-corrected chi connectivity index (χ3v) is 2.44. The molecular formula is C11H14O2S. The molecule has 1 rings (SSSR count). The predicted octanol–water partition coefficient (Wildman–Crippen LogP) is 2.65. The minimum atomic E-state index is -0.0800. The Balaban J connectivity index is 2.87. The lowest BCUT2D eigenvalue weighted by molar-refractivity contribution is -0.117. The maximum absolute atomic E-state index is 10.9. The van der Waals surface area contributed by atoms with E-state index in [1.807, 2.05) is 24.3 Å². The Bertz CT molecular complexity index is 323. The number of ether oxygens (including phenoxy) is 1. The third-order valence-electron chi connectivity index (χ3n) is 1.98. The number of carbonyl (C=O) groups is 1. The number of para-hydroxylation sites is 1. The second-order valence-corrected chi connectivity index (χ2v) is 3.79. The van der Waals surface area contributed by atoms with Gasteiger partial charge in [-0.1, -0.05) is 18.2 Å². The molecule has 0 N–H and O–H groups in total. The number of hydrogen-bond acceptors (Lipinski definition) is 3. The predicted molar refractivity (Wildman–Crippen MR) is 60.0 cm³/mol. The molecule has 14 heavy (non-hydrogen) atoms. The van der Waals surface area contributed by atoms with Crippen LogP contribution >= 0.6 is 12.6 Å². The van der Waals surface area contributed by atoms with Crippen LogP contribution in [-0.4, -0.2) is 12.9 Å². The first kappa shape index (κ1) is 11.1. The number of methoxy groups -OCH3 is 1. The van der Waals surface area contributed by atoms with Crippen molar-refractivity contribution < 1.29 is 9.53 Å². The van der Waals surface area contributed by atoms with Crippen LogP contribution in [0.15, 0.2) is 24.3 Å². The van der Waals surface area contributed by atoms with E-state index < -0.39 is 0 Å². The molecule has 0 spiro atoms. The quantitative estimate of drug-likeness (QED) is 0.773. The van der Waals surface area contributed by atoms with Gasteiger partial charge in [0.2, 0.25) is 0 Å². The zero-order valence-electron chi connectivity index (χ0n) is 8.36. The van der Waals surface area contributed by atoms with Crippen molar-refractivity contribution in [2.24, 2.45) is 0 Å². The van der Waals surface area contributed by atoms with Gasteiger partial charge in [-0.25, -0.2) is 0 Å². The number of rotatable bonds is 4. The first-order chi connectivity index (χ1) is 6.65. The van der Waals surface area contributed by atoms with E-state index in [4.69, 9.17) is 4.74 Å². The van der Waals surface area contributed by atoms with Gasteiger partial charge in [0.1, 0.15) is 11.5 Å². The monoisotopic (exact) mass is 210 g/mol. The molecule has 76 valence electrons. The van der Waals surface area contributed by atoms with E-state index in [9.17, 15) is 4.79 Å². The van der Waals surface area contributed by atoms with Crippen molar-refractivity contribution in [1.29, 1.82) is 0 Å². The Morgan fingerprint density at radius 1 is 1.50 bits per heavy atom. The Labute approximate surface area is 89.7 Å². The highest BCUT2D eigenvalue weighted by molar-refractivity contribution is 7.80. The number of benzene rings is 1. The lowest BCUT2D eigenvalue weighted by Gasteiger charge is -2.13. The second kappa shape index (κ2) is 5.05. The van der Waals surface area contributed by atoms with Crippen molar-refractivity contribution in [2.45, 2.75) is 18.6 Å². The number of ketones is 1. The smallest absolute Gasteiger partial charge is 0.131 e. The molecule has 0 aliphatic heterocycles. The van der Waals surface area contributed by atoms with Crippen LogP contribution in [0.1, 0.15) is 24.2 Å². The summed E-state index contributed by atoms with van der Waals surface area (Å²) in [5.74, 6) is 0.921. The summed E-state index contributed by atoms with van der Waals surface area (Å²) in [6.45, 7) is 1.57. The zero-order chi connectivity index (χ0) is 10.6. The van der Waals surface area contributed by atoms with Gasteiger partial charge >= 0.3 is 0 Å². The highest BCUT2D eigenvalue weighted by Gasteiger charge is 2.12. The summed E-state index contributed by atoms with van der Waals surface area (Å²) < 4.78 is 5.19. The van der Waals surface area contributed by atoms with Crippen molar-refractivity contribution >= 4 is 18.4 Å². The summed E-state index contributed by atoms with van der Waals surface area (Å²) in [5.41, 5.74) is 0.966. The molecule has 0 saturated heterocycles. The molecule has 0 unspecified atom stereocenters. The molecule has 2 nitrogen and oxygen atoms in total. The molecule has 0 fully saturated rings. The number of hydrogen-bond donors (Lipinski definition) is 1. The average Bonchev–Trinajstić information content (AvgIpc) is 2.16. The highest BCUT2D eigenvalue weighted by atomic mass is 32.1. The summed E-state index contributed by atoms with van der Waals surface area (Å²) in [5, 5.41) is -0.0800. The molecule has 0 aromatic heterocycles. The summed E-state index contributed by atoms with van der Waals surface area (Å²) >= 11 is 4.38. The fraction of sp³-hybridized carbons (Fsp3) is 0.364. The van der Waals surface area contributed by atoms with Crippen LogP contribution in [0, 0.1) is 0 Å². The molecule has 0 bridgehead atoms. The van der Waals surface area contributed by atoms with Crippen LogP contribution in [0.3, 0.4) is 0 Å². The minimum absolute atomic E-state index is 0.0800. The molecule has 0 aliphatic rings.